The first-order valence-electron chi connectivity index (χ1n) is 9.48. The van der Waals surface area contributed by atoms with Gasteiger partial charge in [-0.1, -0.05) is 18.2 Å². The number of aliphatic carboxylic acids is 1. The quantitative estimate of drug-likeness (QED) is 0.323. The van der Waals surface area contributed by atoms with E-state index in [2.05, 4.69) is 5.32 Å². The lowest BCUT2D eigenvalue weighted by atomic mass is 9.88. The summed E-state index contributed by atoms with van der Waals surface area (Å²) < 4.78 is 31.3. The van der Waals surface area contributed by atoms with Crippen molar-refractivity contribution in [2.24, 2.45) is 0 Å². The van der Waals surface area contributed by atoms with Crippen molar-refractivity contribution in [1.29, 1.82) is 0 Å². The second-order valence-electron chi connectivity index (χ2n) is 6.77. The Morgan fingerprint density at radius 2 is 1.78 bits per heavy atom. The Kier molecular flexibility index (Phi) is 8.33. The molecule has 2 N–H and O–H groups in total. The van der Waals surface area contributed by atoms with Crippen LogP contribution in [-0.2, 0) is 25.5 Å². The van der Waals surface area contributed by atoms with Crippen LogP contribution in [-0.4, -0.2) is 40.5 Å². The molecular weight excluding hydrogens is 430 g/mol. The zero-order chi connectivity index (χ0) is 23.8. The van der Waals surface area contributed by atoms with Crippen LogP contribution in [0.15, 0.2) is 42.5 Å². The van der Waals surface area contributed by atoms with Gasteiger partial charge in [-0.25, -0.2) is 13.6 Å². The number of nitrogens with zero attached hydrogens (tertiary/aromatic N) is 1. The van der Waals surface area contributed by atoms with Crippen LogP contribution in [0.25, 0.3) is 0 Å². The number of non-ortho nitro benzene ring substituents is 1. The molecule has 0 aromatic heterocycles. The van der Waals surface area contributed by atoms with E-state index in [4.69, 9.17) is 4.74 Å². The number of hydrogen-bond acceptors (Lipinski definition) is 6. The Morgan fingerprint density at radius 3 is 2.31 bits per heavy atom. The summed E-state index contributed by atoms with van der Waals surface area (Å²) in [5, 5.41) is 22.9. The van der Waals surface area contributed by atoms with Gasteiger partial charge in [-0.15, -0.1) is 0 Å². The molecule has 2 rings (SSSR count). The molecule has 2 aromatic carbocycles. The lowest BCUT2D eigenvalue weighted by Gasteiger charge is -2.25. The number of carboxylic acids is 1. The van der Waals surface area contributed by atoms with E-state index in [1.807, 2.05) is 0 Å². The number of benzene rings is 2. The van der Waals surface area contributed by atoms with Crippen LogP contribution in [0.5, 0.6) is 0 Å². The summed E-state index contributed by atoms with van der Waals surface area (Å²) in [6, 6.07) is 6.12. The van der Waals surface area contributed by atoms with Crippen molar-refractivity contribution in [3.63, 3.8) is 0 Å². The number of esters is 1. The van der Waals surface area contributed by atoms with Crippen molar-refractivity contribution in [3.05, 3.63) is 75.3 Å². The summed E-state index contributed by atoms with van der Waals surface area (Å²) in [6.45, 7) is 1.61. The van der Waals surface area contributed by atoms with Gasteiger partial charge in [0.15, 0.2) is 11.6 Å². The van der Waals surface area contributed by atoms with Crippen molar-refractivity contribution in [2.45, 2.75) is 31.7 Å². The van der Waals surface area contributed by atoms with E-state index in [0.717, 1.165) is 24.3 Å². The minimum atomic E-state index is -1.60. The zero-order valence-corrected chi connectivity index (χ0v) is 16.9. The number of amides is 1. The van der Waals surface area contributed by atoms with Gasteiger partial charge in [-0.05, 0) is 30.2 Å². The van der Waals surface area contributed by atoms with Crippen molar-refractivity contribution in [1.82, 2.24) is 5.32 Å². The fourth-order valence-corrected chi connectivity index (χ4v) is 3.06. The smallest absolute Gasteiger partial charge is 0.326 e. The summed E-state index contributed by atoms with van der Waals surface area (Å²) in [7, 11) is 0. The van der Waals surface area contributed by atoms with Crippen LogP contribution in [0.4, 0.5) is 14.5 Å². The molecule has 1 amide bonds. The van der Waals surface area contributed by atoms with Crippen molar-refractivity contribution in [2.75, 3.05) is 6.61 Å². The Labute approximate surface area is 181 Å². The first-order valence-corrected chi connectivity index (χ1v) is 9.48. The third-order valence-electron chi connectivity index (χ3n) is 4.56. The molecule has 0 radical (unpaired) electrons. The summed E-state index contributed by atoms with van der Waals surface area (Å²) in [4.78, 5) is 46.7. The van der Waals surface area contributed by atoms with Gasteiger partial charge < -0.3 is 15.2 Å². The number of nitro groups is 1. The molecule has 0 heterocycles. The fourth-order valence-electron chi connectivity index (χ4n) is 3.06. The van der Waals surface area contributed by atoms with Crippen LogP contribution in [0.3, 0.4) is 0 Å². The maximum Gasteiger partial charge on any atom is 0.326 e. The average Bonchev–Trinajstić information content (AvgIpc) is 2.73. The lowest BCUT2D eigenvalue weighted by molar-refractivity contribution is -0.384. The SMILES string of the molecule is CCOC(=O)C[C@@H](c1ccc([N+](=O)[O-])cc1)[C@@H](NC(=O)Cc1ccc(F)c(F)c1)C(=O)O. The number of nitro benzene ring substituents is 1. The van der Waals surface area contributed by atoms with Gasteiger partial charge in [0.05, 0.1) is 24.4 Å². The minimum Gasteiger partial charge on any atom is -0.480 e. The maximum atomic E-state index is 13.4. The molecule has 0 aliphatic carbocycles. The standard InChI is InChI=1S/C21H20F2N2O7/c1-2-32-19(27)11-15(13-4-6-14(7-5-13)25(30)31)20(21(28)29)24-18(26)10-12-3-8-16(22)17(23)9-12/h3-9,15,20H,2,10-11H2,1H3,(H,24,26)(H,28,29)/t15-,20+/m0/s1. The molecular formula is C21H20F2N2O7. The molecule has 9 nitrogen and oxygen atoms in total. The molecule has 0 spiro atoms. The van der Waals surface area contributed by atoms with Gasteiger partial charge in [-0.2, -0.15) is 0 Å². The van der Waals surface area contributed by atoms with Gasteiger partial charge in [0.2, 0.25) is 5.91 Å². The van der Waals surface area contributed by atoms with E-state index in [-0.39, 0.29) is 23.4 Å². The van der Waals surface area contributed by atoms with Crippen LogP contribution in [0, 0.1) is 21.7 Å². The molecule has 170 valence electrons. The number of halogens is 2. The van der Waals surface area contributed by atoms with Crippen LogP contribution in [0.1, 0.15) is 30.4 Å². The van der Waals surface area contributed by atoms with E-state index in [9.17, 15) is 38.4 Å². The number of nitrogens with one attached hydrogen (secondary N) is 1. The zero-order valence-electron chi connectivity index (χ0n) is 16.9. The molecule has 32 heavy (non-hydrogen) atoms. The highest BCUT2D eigenvalue weighted by molar-refractivity contribution is 5.86. The summed E-state index contributed by atoms with van der Waals surface area (Å²) >= 11 is 0. The topological polar surface area (TPSA) is 136 Å². The molecule has 0 saturated heterocycles. The Hall–Kier alpha value is -3.89. The highest BCUT2D eigenvalue weighted by atomic mass is 19.2. The van der Waals surface area contributed by atoms with Crippen LogP contribution in [0.2, 0.25) is 0 Å². The Balaban J connectivity index is 2.29. The van der Waals surface area contributed by atoms with Gasteiger partial charge in [0, 0.05) is 18.1 Å². The maximum absolute atomic E-state index is 13.4. The number of carboxylic acid groups (broad SMARTS) is 1. The average molecular weight is 450 g/mol. The number of ether oxygens (including phenoxy) is 1. The molecule has 0 fully saturated rings. The minimum absolute atomic E-state index is 0.0477. The summed E-state index contributed by atoms with van der Waals surface area (Å²) in [5.74, 6) is -6.35. The molecule has 0 aliphatic rings. The van der Waals surface area contributed by atoms with E-state index in [0.29, 0.717) is 0 Å². The number of carbonyl (C=O) groups is 3. The molecule has 0 bridgehead atoms. The van der Waals surface area contributed by atoms with Gasteiger partial charge in [0.1, 0.15) is 6.04 Å². The summed E-state index contributed by atoms with van der Waals surface area (Å²) in [6.07, 6.45) is -0.860. The number of carbonyl (C=O) groups excluding carboxylic acids is 2. The van der Waals surface area contributed by atoms with Gasteiger partial charge >= 0.3 is 11.9 Å². The third kappa shape index (κ3) is 6.56. The van der Waals surface area contributed by atoms with Crippen molar-refractivity contribution in [3.8, 4) is 0 Å². The predicted octanol–water partition coefficient (Wildman–Crippen LogP) is 2.72. The monoisotopic (exact) mass is 450 g/mol. The van der Waals surface area contributed by atoms with E-state index < -0.39 is 59.2 Å². The molecule has 2 aromatic rings. The molecule has 0 unspecified atom stereocenters. The molecule has 0 aliphatic heterocycles. The number of rotatable bonds is 10. The van der Waals surface area contributed by atoms with Crippen molar-refractivity contribution < 1.29 is 37.9 Å². The van der Waals surface area contributed by atoms with E-state index in [1.54, 1.807) is 6.92 Å². The third-order valence-corrected chi connectivity index (χ3v) is 4.56. The van der Waals surface area contributed by atoms with Crippen LogP contribution < -0.4 is 5.32 Å². The molecule has 2 atom stereocenters. The molecule has 11 heteroatoms. The fraction of sp³-hybridized carbons (Fsp3) is 0.286. The second-order valence-corrected chi connectivity index (χ2v) is 6.77. The molecule has 0 saturated carbocycles. The van der Waals surface area contributed by atoms with Gasteiger partial charge in [0.25, 0.3) is 5.69 Å². The second kappa shape index (κ2) is 10.9. The highest BCUT2D eigenvalue weighted by Gasteiger charge is 2.33. The first-order chi connectivity index (χ1) is 15.1. The highest BCUT2D eigenvalue weighted by Crippen LogP contribution is 2.27. The normalized spacial score (nSPS) is 12.5. The van der Waals surface area contributed by atoms with Crippen LogP contribution >= 0.6 is 0 Å². The lowest BCUT2D eigenvalue weighted by Crippen LogP contribution is -2.46. The van der Waals surface area contributed by atoms with Crippen molar-refractivity contribution >= 4 is 23.5 Å². The van der Waals surface area contributed by atoms with E-state index in [1.165, 1.54) is 18.2 Å². The predicted molar refractivity (Wildman–Crippen MR) is 107 cm³/mol. The first kappa shape index (κ1) is 24.4. The number of hydrogen-bond donors (Lipinski definition) is 2. The largest absolute Gasteiger partial charge is 0.480 e. The Bertz CT molecular complexity index is 1010. The Morgan fingerprint density at radius 1 is 1.12 bits per heavy atom. The van der Waals surface area contributed by atoms with Gasteiger partial charge in [-0.3, -0.25) is 19.7 Å². The van der Waals surface area contributed by atoms with E-state index >= 15 is 0 Å². The summed E-state index contributed by atoms with van der Waals surface area (Å²) in [5.41, 5.74) is 0.130.